The SMILES string of the molecule is COc1ccc(CN=C(N)N)c(O)c1. The predicted molar refractivity (Wildman–Crippen MR) is 54.2 cm³/mol. The molecule has 76 valence electrons. The first-order valence-electron chi connectivity index (χ1n) is 4.04. The Morgan fingerprint density at radius 3 is 2.71 bits per heavy atom. The van der Waals surface area contributed by atoms with Crippen LogP contribution in [0.4, 0.5) is 0 Å². The average molecular weight is 195 g/mol. The van der Waals surface area contributed by atoms with Crippen molar-refractivity contribution >= 4 is 5.96 Å². The molecule has 0 aliphatic carbocycles. The molecule has 0 atom stereocenters. The molecule has 0 saturated heterocycles. The minimum absolute atomic E-state index is 0.000202. The number of methoxy groups -OCH3 is 1. The molecule has 0 saturated carbocycles. The van der Waals surface area contributed by atoms with Gasteiger partial charge in [0.2, 0.25) is 0 Å². The largest absolute Gasteiger partial charge is 0.507 e. The van der Waals surface area contributed by atoms with Crippen LogP contribution in [0.1, 0.15) is 5.56 Å². The second-order valence-corrected chi connectivity index (χ2v) is 2.74. The fourth-order valence-electron chi connectivity index (χ4n) is 0.981. The van der Waals surface area contributed by atoms with Crippen LogP contribution in [0.5, 0.6) is 11.5 Å². The molecule has 1 aromatic rings. The Morgan fingerprint density at radius 2 is 2.21 bits per heavy atom. The first-order chi connectivity index (χ1) is 6.63. The Morgan fingerprint density at radius 1 is 1.50 bits per heavy atom. The molecule has 0 fully saturated rings. The summed E-state index contributed by atoms with van der Waals surface area (Å²) in [4.78, 5) is 3.78. The van der Waals surface area contributed by atoms with Gasteiger partial charge in [-0.25, -0.2) is 4.99 Å². The van der Waals surface area contributed by atoms with Gasteiger partial charge in [-0.15, -0.1) is 0 Å². The molecule has 5 nitrogen and oxygen atoms in total. The Labute approximate surface area is 82.0 Å². The molecule has 0 aromatic heterocycles. The molecule has 0 heterocycles. The minimum atomic E-state index is 0.000202. The molecule has 0 aliphatic rings. The second kappa shape index (κ2) is 4.36. The molecule has 1 aromatic carbocycles. The monoisotopic (exact) mass is 195 g/mol. The molecular weight excluding hydrogens is 182 g/mol. The highest BCUT2D eigenvalue weighted by Crippen LogP contribution is 2.23. The minimum Gasteiger partial charge on any atom is -0.507 e. The van der Waals surface area contributed by atoms with Crippen molar-refractivity contribution in [1.29, 1.82) is 0 Å². The Hall–Kier alpha value is -1.91. The van der Waals surface area contributed by atoms with Gasteiger partial charge in [-0.1, -0.05) is 0 Å². The van der Waals surface area contributed by atoms with Gasteiger partial charge in [0.15, 0.2) is 5.96 Å². The summed E-state index contributed by atoms with van der Waals surface area (Å²) >= 11 is 0. The van der Waals surface area contributed by atoms with Crippen molar-refractivity contribution in [3.63, 3.8) is 0 Å². The number of phenols is 1. The molecule has 5 heteroatoms. The van der Waals surface area contributed by atoms with Crippen LogP contribution >= 0.6 is 0 Å². The van der Waals surface area contributed by atoms with E-state index in [0.29, 0.717) is 11.3 Å². The summed E-state index contributed by atoms with van der Waals surface area (Å²) in [7, 11) is 1.53. The van der Waals surface area contributed by atoms with E-state index in [4.69, 9.17) is 16.2 Å². The van der Waals surface area contributed by atoms with Crippen LogP contribution < -0.4 is 16.2 Å². The van der Waals surface area contributed by atoms with E-state index in [9.17, 15) is 5.11 Å². The predicted octanol–water partition coefficient (Wildman–Crippen LogP) is 0.174. The standard InChI is InChI=1S/C9H13N3O2/c1-14-7-3-2-6(8(13)4-7)5-12-9(10)11/h2-4,13H,5H2,1H3,(H4,10,11,12). The van der Waals surface area contributed by atoms with Crippen molar-refractivity contribution in [1.82, 2.24) is 0 Å². The van der Waals surface area contributed by atoms with Gasteiger partial charge >= 0.3 is 0 Å². The Balaban J connectivity index is 2.84. The van der Waals surface area contributed by atoms with Gasteiger partial charge in [0.25, 0.3) is 0 Å². The van der Waals surface area contributed by atoms with Gasteiger partial charge in [-0.2, -0.15) is 0 Å². The molecule has 0 spiro atoms. The molecule has 0 amide bonds. The summed E-state index contributed by atoms with van der Waals surface area (Å²) in [6.45, 7) is 0.262. The van der Waals surface area contributed by atoms with Crippen LogP contribution in [0.15, 0.2) is 23.2 Å². The van der Waals surface area contributed by atoms with Gasteiger partial charge in [0.1, 0.15) is 11.5 Å². The zero-order valence-corrected chi connectivity index (χ0v) is 7.90. The van der Waals surface area contributed by atoms with Crippen LogP contribution in [0.25, 0.3) is 0 Å². The van der Waals surface area contributed by atoms with Gasteiger partial charge in [-0.05, 0) is 12.1 Å². The topological polar surface area (TPSA) is 93.9 Å². The summed E-state index contributed by atoms with van der Waals surface area (Å²) in [5.74, 6) is 0.713. The second-order valence-electron chi connectivity index (χ2n) is 2.74. The molecular formula is C9H13N3O2. The number of nitrogens with two attached hydrogens (primary N) is 2. The van der Waals surface area contributed by atoms with Gasteiger partial charge in [0, 0.05) is 11.6 Å². The number of aromatic hydroxyl groups is 1. The number of rotatable bonds is 3. The third-order valence-electron chi connectivity index (χ3n) is 1.72. The molecule has 0 aliphatic heterocycles. The number of hydrogen-bond acceptors (Lipinski definition) is 3. The summed E-state index contributed by atoms with van der Waals surface area (Å²) in [5.41, 5.74) is 11.0. The van der Waals surface area contributed by atoms with Crippen LogP contribution in [-0.2, 0) is 6.54 Å². The zero-order valence-electron chi connectivity index (χ0n) is 7.90. The van der Waals surface area contributed by atoms with Crippen molar-refractivity contribution < 1.29 is 9.84 Å². The zero-order chi connectivity index (χ0) is 10.6. The highest BCUT2D eigenvalue weighted by atomic mass is 16.5. The van der Waals surface area contributed by atoms with E-state index in [2.05, 4.69) is 4.99 Å². The fourth-order valence-corrected chi connectivity index (χ4v) is 0.981. The van der Waals surface area contributed by atoms with E-state index >= 15 is 0 Å². The van der Waals surface area contributed by atoms with Crippen molar-refractivity contribution in [2.45, 2.75) is 6.54 Å². The molecule has 5 N–H and O–H groups in total. The van der Waals surface area contributed by atoms with Crippen molar-refractivity contribution in [2.75, 3.05) is 7.11 Å². The van der Waals surface area contributed by atoms with Gasteiger partial charge < -0.3 is 21.3 Å². The maximum Gasteiger partial charge on any atom is 0.186 e. The number of phenolic OH excluding ortho intramolecular Hbond substituents is 1. The van der Waals surface area contributed by atoms with E-state index in [0.717, 1.165) is 0 Å². The fraction of sp³-hybridized carbons (Fsp3) is 0.222. The summed E-state index contributed by atoms with van der Waals surface area (Å²) in [6.07, 6.45) is 0. The van der Waals surface area contributed by atoms with E-state index in [1.807, 2.05) is 0 Å². The van der Waals surface area contributed by atoms with Crippen molar-refractivity contribution in [3.05, 3.63) is 23.8 Å². The maximum absolute atomic E-state index is 9.50. The number of hydrogen-bond donors (Lipinski definition) is 3. The van der Waals surface area contributed by atoms with Crippen molar-refractivity contribution in [2.24, 2.45) is 16.5 Å². The summed E-state index contributed by atoms with van der Waals surface area (Å²) < 4.78 is 4.93. The Kier molecular flexibility index (Phi) is 3.17. The average Bonchev–Trinajstić information content (AvgIpc) is 2.15. The highest BCUT2D eigenvalue weighted by molar-refractivity contribution is 5.75. The summed E-state index contributed by atoms with van der Waals surface area (Å²) in [5, 5.41) is 9.50. The smallest absolute Gasteiger partial charge is 0.186 e. The number of aliphatic imine (C=N–C) groups is 1. The lowest BCUT2D eigenvalue weighted by Gasteiger charge is -2.04. The Bertz CT molecular complexity index is 346. The van der Waals surface area contributed by atoms with Gasteiger partial charge in [0.05, 0.1) is 13.7 Å². The lowest BCUT2D eigenvalue weighted by Crippen LogP contribution is -2.22. The quantitative estimate of drug-likeness (QED) is 0.473. The van der Waals surface area contributed by atoms with Crippen molar-refractivity contribution in [3.8, 4) is 11.5 Å². The molecule has 0 bridgehead atoms. The first-order valence-corrected chi connectivity index (χ1v) is 4.04. The van der Waals surface area contributed by atoms with E-state index in [-0.39, 0.29) is 18.3 Å². The van der Waals surface area contributed by atoms with E-state index in [1.54, 1.807) is 12.1 Å². The lowest BCUT2D eigenvalue weighted by atomic mass is 10.2. The van der Waals surface area contributed by atoms with E-state index in [1.165, 1.54) is 13.2 Å². The van der Waals surface area contributed by atoms with E-state index < -0.39 is 0 Å². The number of nitrogens with zero attached hydrogens (tertiary/aromatic N) is 1. The molecule has 14 heavy (non-hydrogen) atoms. The number of benzene rings is 1. The number of guanidine groups is 1. The molecule has 0 radical (unpaired) electrons. The first kappa shape index (κ1) is 10.2. The summed E-state index contributed by atoms with van der Waals surface area (Å²) in [6, 6.07) is 4.95. The highest BCUT2D eigenvalue weighted by Gasteiger charge is 2.01. The normalized spacial score (nSPS) is 9.50. The lowest BCUT2D eigenvalue weighted by molar-refractivity contribution is 0.406. The third-order valence-corrected chi connectivity index (χ3v) is 1.72. The van der Waals surface area contributed by atoms with Gasteiger partial charge in [-0.3, -0.25) is 0 Å². The van der Waals surface area contributed by atoms with Crippen LogP contribution in [0.2, 0.25) is 0 Å². The van der Waals surface area contributed by atoms with Crippen LogP contribution in [0.3, 0.4) is 0 Å². The van der Waals surface area contributed by atoms with Crippen LogP contribution in [-0.4, -0.2) is 18.2 Å². The number of ether oxygens (including phenoxy) is 1. The third kappa shape index (κ3) is 2.55. The van der Waals surface area contributed by atoms with Crippen LogP contribution in [0, 0.1) is 0 Å². The maximum atomic E-state index is 9.50. The molecule has 1 rings (SSSR count). The molecule has 0 unspecified atom stereocenters.